The Balaban J connectivity index is 2.46. The van der Waals surface area contributed by atoms with E-state index in [0.29, 0.717) is 5.57 Å². The number of benzene rings is 1. The molecule has 1 atom stereocenters. The van der Waals surface area contributed by atoms with E-state index in [2.05, 4.69) is 10.5 Å². The van der Waals surface area contributed by atoms with Crippen LogP contribution in [0, 0.1) is 0 Å². The molecule has 0 aliphatic carbocycles. The highest BCUT2D eigenvalue weighted by atomic mass is 35.5. The average Bonchev–Trinajstić information content (AvgIpc) is 2.45. The van der Waals surface area contributed by atoms with Gasteiger partial charge in [0.2, 0.25) is 0 Å². The molecule has 2 rings (SSSR count). The highest BCUT2D eigenvalue weighted by Crippen LogP contribution is 2.34. The Labute approximate surface area is 123 Å². The van der Waals surface area contributed by atoms with Gasteiger partial charge in [0.25, 0.3) is 0 Å². The minimum absolute atomic E-state index is 0.111. The fourth-order valence-corrected chi connectivity index (χ4v) is 2.09. The fourth-order valence-electron chi connectivity index (χ4n) is 1.86. The summed E-state index contributed by atoms with van der Waals surface area (Å²) in [5.74, 6) is -0.111. The first-order valence-electron chi connectivity index (χ1n) is 5.82. The Hall–Kier alpha value is -2.15. The van der Waals surface area contributed by atoms with E-state index in [4.69, 9.17) is 22.5 Å². The van der Waals surface area contributed by atoms with Crippen LogP contribution in [0.15, 0.2) is 41.7 Å². The number of dihydropyridines is 1. The average molecular weight is 318 g/mol. The van der Waals surface area contributed by atoms with Crippen LogP contribution in [0.2, 0.25) is 5.02 Å². The van der Waals surface area contributed by atoms with Gasteiger partial charge in [0, 0.05) is 10.6 Å². The van der Waals surface area contributed by atoms with Gasteiger partial charge >= 0.3 is 6.18 Å². The van der Waals surface area contributed by atoms with Gasteiger partial charge in [0.1, 0.15) is 6.04 Å². The van der Waals surface area contributed by atoms with Crippen LogP contribution in [-0.2, 0) is 6.18 Å². The number of oxime groups is 1. The summed E-state index contributed by atoms with van der Waals surface area (Å²) in [6.07, 6.45) is 0.120. The molecule has 0 spiro atoms. The molecular weight excluding hydrogens is 307 g/mol. The van der Waals surface area contributed by atoms with Crippen molar-refractivity contribution in [3.63, 3.8) is 0 Å². The Morgan fingerprint density at radius 2 is 2.10 bits per heavy atom. The summed E-state index contributed by atoms with van der Waals surface area (Å²) in [6.45, 7) is 0. The number of hydrogen-bond donors (Lipinski definition) is 3. The number of nitrogens with one attached hydrogen (secondary N) is 1. The van der Waals surface area contributed by atoms with Gasteiger partial charge in [-0.15, -0.1) is 0 Å². The molecule has 1 aliphatic heterocycles. The largest absolute Gasteiger partial charge is 0.416 e. The first kappa shape index (κ1) is 15.2. The van der Waals surface area contributed by atoms with E-state index in [0.717, 1.165) is 12.1 Å². The Morgan fingerprint density at radius 1 is 1.38 bits per heavy atom. The molecule has 1 aliphatic rings. The van der Waals surface area contributed by atoms with Crippen molar-refractivity contribution in [1.82, 2.24) is 5.32 Å². The third-order valence-electron chi connectivity index (χ3n) is 2.92. The van der Waals surface area contributed by atoms with Gasteiger partial charge < -0.3 is 16.3 Å². The van der Waals surface area contributed by atoms with E-state index < -0.39 is 17.8 Å². The Morgan fingerprint density at radius 3 is 2.71 bits per heavy atom. The molecule has 0 fully saturated rings. The van der Waals surface area contributed by atoms with E-state index in [-0.39, 0.29) is 16.4 Å². The van der Waals surface area contributed by atoms with Gasteiger partial charge in [-0.25, -0.2) is 0 Å². The molecule has 1 aromatic rings. The van der Waals surface area contributed by atoms with Crippen LogP contribution in [0.3, 0.4) is 0 Å². The van der Waals surface area contributed by atoms with Gasteiger partial charge in [-0.3, -0.25) is 0 Å². The molecule has 4 nitrogen and oxygen atoms in total. The van der Waals surface area contributed by atoms with Crippen LogP contribution in [0.1, 0.15) is 11.1 Å². The standard InChI is InChI=1S/C13H11ClF3N3O/c14-10-2-1-8(13(15,16)17)6-9(10)7-3-4-19-11(5-7)12(18)20-21/h1-6,11,19,21H,(H2,18,20). The number of amidine groups is 1. The molecule has 112 valence electrons. The Kier molecular flexibility index (Phi) is 4.13. The maximum absolute atomic E-state index is 12.8. The topological polar surface area (TPSA) is 70.6 Å². The fraction of sp³-hybridized carbons (Fsp3) is 0.154. The van der Waals surface area contributed by atoms with Crippen molar-refractivity contribution in [3.05, 3.63) is 52.7 Å². The number of halogens is 4. The minimum Gasteiger partial charge on any atom is -0.409 e. The van der Waals surface area contributed by atoms with Crippen LogP contribution < -0.4 is 11.1 Å². The lowest BCUT2D eigenvalue weighted by Gasteiger charge is -2.19. The maximum atomic E-state index is 12.8. The molecule has 0 saturated carbocycles. The number of nitrogens with zero attached hydrogens (tertiary/aromatic N) is 1. The van der Waals surface area contributed by atoms with Crippen molar-refractivity contribution in [2.75, 3.05) is 0 Å². The van der Waals surface area contributed by atoms with Crippen LogP contribution in [0.25, 0.3) is 5.57 Å². The third-order valence-corrected chi connectivity index (χ3v) is 3.25. The quantitative estimate of drug-likeness (QED) is 0.340. The SMILES string of the molecule is N/C(=N/O)C1C=C(c2cc(C(F)(F)F)ccc2Cl)C=CN1. The minimum atomic E-state index is -4.46. The lowest BCUT2D eigenvalue weighted by molar-refractivity contribution is -0.137. The van der Waals surface area contributed by atoms with E-state index in [9.17, 15) is 13.2 Å². The first-order valence-corrected chi connectivity index (χ1v) is 6.19. The molecule has 0 saturated heterocycles. The van der Waals surface area contributed by atoms with Gasteiger partial charge in [-0.1, -0.05) is 16.8 Å². The monoisotopic (exact) mass is 317 g/mol. The van der Waals surface area contributed by atoms with Crippen LogP contribution >= 0.6 is 11.6 Å². The number of nitrogens with two attached hydrogens (primary N) is 1. The number of hydrogen-bond acceptors (Lipinski definition) is 3. The van der Waals surface area contributed by atoms with Crippen LogP contribution in [-0.4, -0.2) is 17.1 Å². The predicted octanol–water partition coefficient (Wildman–Crippen LogP) is 2.97. The van der Waals surface area contributed by atoms with Crippen molar-refractivity contribution in [2.24, 2.45) is 10.9 Å². The van der Waals surface area contributed by atoms with Crippen molar-refractivity contribution in [3.8, 4) is 0 Å². The van der Waals surface area contributed by atoms with Gasteiger partial charge in [-0.2, -0.15) is 13.2 Å². The summed E-state index contributed by atoms with van der Waals surface area (Å²) in [4.78, 5) is 0. The molecule has 21 heavy (non-hydrogen) atoms. The normalized spacial score (nSPS) is 19.1. The van der Waals surface area contributed by atoms with Crippen molar-refractivity contribution in [1.29, 1.82) is 0 Å². The zero-order valence-electron chi connectivity index (χ0n) is 10.5. The highest BCUT2D eigenvalue weighted by Gasteiger charge is 2.31. The summed E-state index contributed by atoms with van der Waals surface area (Å²) in [7, 11) is 0. The highest BCUT2D eigenvalue weighted by molar-refractivity contribution is 6.32. The summed E-state index contributed by atoms with van der Waals surface area (Å²) in [5, 5.41) is 14.5. The molecular formula is C13H11ClF3N3O. The van der Waals surface area contributed by atoms with Crippen LogP contribution in [0.4, 0.5) is 13.2 Å². The zero-order valence-corrected chi connectivity index (χ0v) is 11.3. The molecule has 0 aromatic heterocycles. The molecule has 0 radical (unpaired) electrons. The van der Waals surface area contributed by atoms with Gasteiger partial charge in [-0.05, 0) is 42.1 Å². The van der Waals surface area contributed by atoms with Crippen molar-refractivity contribution >= 4 is 23.0 Å². The molecule has 1 unspecified atom stereocenters. The number of rotatable bonds is 2. The van der Waals surface area contributed by atoms with Gasteiger partial charge in [0.15, 0.2) is 5.84 Å². The van der Waals surface area contributed by atoms with Gasteiger partial charge in [0.05, 0.1) is 5.56 Å². The smallest absolute Gasteiger partial charge is 0.409 e. The first-order chi connectivity index (χ1) is 9.82. The molecule has 4 N–H and O–H groups in total. The lowest BCUT2D eigenvalue weighted by Crippen LogP contribution is -2.38. The maximum Gasteiger partial charge on any atom is 0.416 e. The lowest BCUT2D eigenvalue weighted by atomic mass is 9.98. The third kappa shape index (κ3) is 3.30. The predicted molar refractivity (Wildman–Crippen MR) is 73.9 cm³/mol. The summed E-state index contributed by atoms with van der Waals surface area (Å²) in [6, 6.07) is 2.45. The second kappa shape index (κ2) is 5.69. The van der Waals surface area contributed by atoms with Crippen molar-refractivity contribution < 1.29 is 18.4 Å². The van der Waals surface area contributed by atoms with E-state index in [1.807, 2.05) is 0 Å². The summed E-state index contributed by atoms with van der Waals surface area (Å²) < 4.78 is 38.3. The Bertz CT molecular complexity index is 638. The van der Waals surface area contributed by atoms with Crippen LogP contribution in [0.5, 0.6) is 0 Å². The second-order valence-electron chi connectivity index (χ2n) is 4.32. The molecule has 0 bridgehead atoms. The van der Waals surface area contributed by atoms with E-state index in [1.54, 1.807) is 6.08 Å². The zero-order chi connectivity index (χ0) is 15.6. The number of allylic oxidation sites excluding steroid dienone is 2. The molecule has 1 heterocycles. The summed E-state index contributed by atoms with van der Waals surface area (Å²) >= 11 is 5.97. The molecule has 1 aromatic carbocycles. The summed E-state index contributed by atoms with van der Waals surface area (Å²) in [5.41, 5.74) is 5.34. The van der Waals surface area contributed by atoms with Crippen molar-refractivity contribution in [2.45, 2.75) is 12.2 Å². The molecule has 0 amide bonds. The second-order valence-corrected chi connectivity index (χ2v) is 4.72. The number of alkyl halides is 3. The van der Waals surface area contributed by atoms with E-state index in [1.165, 1.54) is 18.3 Å². The molecule has 8 heteroatoms. The van der Waals surface area contributed by atoms with E-state index >= 15 is 0 Å².